The smallest absolute Gasteiger partial charge is 0.415 e. The topological polar surface area (TPSA) is 58.4 Å². The van der Waals surface area contributed by atoms with Crippen LogP contribution in [0.2, 0.25) is 0 Å². The molecule has 0 saturated carbocycles. The van der Waals surface area contributed by atoms with Crippen molar-refractivity contribution < 1.29 is 18.7 Å². The first-order valence-corrected chi connectivity index (χ1v) is 13.1. The molecule has 0 spiro atoms. The molecule has 4 heterocycles. The Morgan fingerprint density at radius 1 is 0.972 bits per heavy atom. The number of nitrogens with zero attached hydrogens (tertiary/aromatic N) is 3. The van der Waals surface area contributed by atoms with Crippen LogP contribution in [0.4, 0.5) is 16.2 Å². The molecule has 36 heavy (non-hydrogen) atoms. The number of ether oxygens (including phenoxy) is 2. The molecule has 6 rings (SSSR count). The van der Waals surface area contributed by atoms with Crippen molar-refractivity contribution in [3.8, 4) is 17.2 Å². The van der Waals surface area contributed by atoms with Crippen molar-refractivity contribution in [3.05, 3.63) is 66.6 Å². The summed E-state index contributed by atoms with van der Waals surface area (Å²) in [5.41, 5.74) is 3.38. The van der Waals surface area contributed by atoms with Crippen LogP contribution < -0.4 is 14.4 Å². The summed E-state index contributed by atoms with van der Waals surface area (Å²) in [6.45, 7) is 6.07. The van der Waals surface area contributed by atoms with Crippen LogP contribution in [0.1, 0.15) is 45.1 Å². The van der Waals surface area contributed by atoms with Gasteiger partial charge in [0.25, 0.3) is 0 Å². The minimum absolute atomic E-state index is 0.338. The summed E-state index contributed by atoms with van der Waals surface area (Å²) in [7, 11) is 0. The lowest BCUT2D eigenvalue weighted by molar-refractivity contribution is 0.119. The van der Waals surface area contributed by atoms with Gasteiger partial charge in [-0.1, -0.05) is 12.1 Å². The molecule has 2 aromatic carbocycles. The number of hydrogen-bond acceptors (Lipinski definition) is 6. The molecular weight excluding hydrogens is 454 g/mol. The van der Waals surface area contributed by atoms with Gasteiger partial charge in [-0.05, 0) is 69.9 Å². The molecule has 2 unspecified atom stereocenters. The Balaban J connectivity index is 1.28. The molecule has 7 heteroatoms. The maximum atomic E-state index is 12.5. The van der Waals surface area contributed by atoms with Crippen LogP contribution in [0.5, 0.6) is 17.2 Å². The molecule has 3 aliphatic rings. The third-order valence-electron chi connectivity index (χ3n) is 7.93. The van der Waals surface area contributed by atoms with Crippen LogP contribution in [-0.2, 0) is 6.54 Å². The quantitative estimate of drug-likeness (QED) is 0.392. The van der Waals surface area contributed by atoms with Gasteiger partial charge in [0.15, 0.2) is 11.5 Å². The number of anilines is 2. The summed E-state index contributed by atoms with van der Waals surface area (Å²) in [6.07, 6.45) is 7.95. The number of amides is 1. The normalized spacial score (nSPS) is 22.5. The van der Waals surface area contributed by atoms with Crippen LogP contribution in [-0.4, -0.2) is 47.1 Å². The second-order valence-electron chi connectivity index (χ2n) is 9.92. The van der Waals surface area contributed by atoms with Gasteiger partial charge in [-0.25, -0.2) is 4.79 Å². The standard InChI is InChI=1S/C29H33N3O4/c1-3-30(4-2)29(33)35-24-11-12-26-28(17-24)36-27-8-6-5-7-25(27)32(26)23-15-21-9-10-22(16-23)31(21)18-20-13-14-34-19-20/h5-8,11-14,17,19,21-23H,3-4,9-10,15-16,18H2,1-2H3. The number of rotatable bonds is 6. The first-order valence-electron chi connectivity index (χ1n) is 13.1. The fourth-order valence-electron chi connectivity index (χ4n) is 6.18. The van der Waals surface area contributed by atoms with E-state index in [2.05, 4.69) is 28.0 Å². The lowest BCUT2D eigenvalue weighted by Crippen LogP contribution is -2.49. The van der Waals surface area contributed by atoms with Crippen LogP contribution in [0, 0.1) is 0 Å². The predicted molar refractivity (Wildman–Crippen MR) is 138 cm³/mol. The van der Waals surface area contributed by atoms with Gasteiger partial charge in [-0.15, -0.1) is 0 Å². The van der Waals surface area contributed by atoms with Crippen molar-refractivity contribution in [1.82, 2.24) is 9.80 Å². The molecule has 188 valence electrons. The van der Waals surface area contributed by atoms with Gasteiger partial charge in [0.1, 0.15) is 5.75 Å². The van der Waals surface area contributed by atoms with Crippen molar-refractivity contribution >= 4 is 17.5 Å². The van der Waals surface area contributed by atoms with E-state index < -0.39 is 0 Å². The molecule has 7 nitrogen and oxygen atoms in total. The summed E-state index contributed by atoms with van der Waals surface area (Å²) in [5, 5.41) is 0. The van der Waals surface area contributed by atoms with Gasteiger partial charge < -0.3 is 23.7 Å². The van der Waals surface area contributed by atoms with E-state index in [1.165, 1.54) is 18.4 Å². The van der Waals surface area contributed by atoms with E-state index in [0.29, 0.717) is 37.0 Å². The van der Waals surface area contributed by atoms with Crippen molar-refractivity contribution in [2.45, 2.75) is 64.2 Å². The highest BCUT2D eigenvalue weighted by Crippen LogP contribution is 2.51. The molecule has 2 bridgehead atoms. The Bertz CT molecular complexity index is 1210. The average molecular weight is 488 g/mol. The van der Waals surface area contributed by atoms with Gasteiger partial charge in [-0.3, -0.25) is 4.90 Å². The molecule has 3 aliphatic heterocycles. The third kappa shape index (κ3) is 4.11. The van der Waals surface area contributed by atoms with E-state index in [-0.39, 0.29) is 6.09 Å². The summed E-state index contributed by atoms with van der Waals surface area (Å²) in [6, 6.07) is 17.6. The van der Waals surface area contributed by atoms with E-state index >= 15 is 0 Å². The first kappa shape index (κ1) is 23.0. The van der Waals surface area contributed by atoms with Crippen LogP contribution in [0.25, 0.3) is 0 Å². The highest BCUT2D eigenvalue weighted by Gasteiger charge is 2.44. The van der Waals surface area contributed by atoms with Gasteiger partial charge >= 0.3 is 6.09 Å². The third-order valence-corrected chi connectivity index (χ3v) is 7.93. The first-order chi connectivity index (χ1) is 17.6. The number of piperidine rings is 1. The lowest BCUT2D eigenvalue weighted by Gasteiger charge is -2.45. The van der Waals surface area contributed by atoms with Crippen molar-refractivity contribution in [2.24, 2.45) is 0 Å². The Morgan fingerprint density at radius 3 is 2.44 bits per heavy atom. The fourth-order valence-corrected chi connectivity index (χ4v) is 6.18. The lowest BCUT2D eigenvalue weighted by atomic mass is 9.93. The summed E-state index contributed by atoms with van der Waals surface area (Å²) in [4.78, 5) is 19.3. The maximum Gasteiger partial charge on any atom is 0.415 e. The zero-order valence-electron chi connectivity index (χ0n) is 20.9. The Morgan fingerprint density at radius 2 is 1.72 bits per heavy atom. The molecule has 0 N–H and O–H groups in total. The minimum atomic E-state index is -0.338. The zero-order valence-corrected chi connectivity index (χ0v) is 20.9. The van der Waals surface area contributed by atoms with E-state index in [1.807, 2.05) is 50.4 Å². The largest absolute Gasteiger partial charge is 0.472 e. The second-order valence-corrected chi connectivity index (χ2v) is 9.92. The number of carbonyl (C=O) groups excluding carboxylic acids is 1. The predicted octanol–water partition coefficient (Wildman–Crippen LogP) is 6.56. The molecule has 2 fully saturated rings. The van der Waals surface area contributed by atoms with Crippen molar-refractivity contribution in [1.29, 1.82) is 0 Å². The van der Waals surface area contributed by atoms with Crippen LogP contribution in [0.15, 0.2) is 65.5 Å². The fraction of sp³-hybridized carbons (Fsp3) is 0.414. The SMILES string of the molecule is CCN(CC)C(=O)Oc1ccc2c(c1)Oc1ccccc1N2C1CC2CCC(C1)N2Cc1ccoc1. The number of fused-ring (bicyclic) bond motifs is 4. The van der Waals surface area contributed by atoms with Gasteiger partial charge in [0.2, 0.25) is 0 Å². The number of carbonyl (C=O) groups is 1. The molecule has 0 radical (unpaired) electrons. The molecule has 1 aromatic heterocycles. The van der Waals surface area contributed by atoms with E-state index in [1.54, 1.807) is 11.2 Å². The summed E-state index contributed by atoms with van der Waals surface area (Å²) >= 11 is 0. The van der Waals surface area contributed by atoms with Crippen LogP contribution in [0.3, 0.4) is 0 Å². The Labute approximate surface area is 212 Å². The highest BCUT2D eigenvalue weighted by atomic mass is 16.6. The molecule has 1 amide bonds. The van der Waals surface area contributed by atoms with Crippen LogP contribution >= 0.6 is 0 Å². The molecule has 2 atom stereocenters. The van der Waals surface area contributed by atoms with Gasteiger partial charge in [0, 0.05) is 49.4 Å². The highest BCUT2D eigenvalue weighted by molar-refractivity contribution is 5.80. The van der Waals surface area contributed by atoms with Gasteiger partial charge in [-0.2, -0.15) is 0 Å². The maximum absolute atomic E-state index is 12.5. The Kier molecular flexibility index (Phi) is 6.09. The van der Waals surface area contributed by atoms with E-state index in [4.69, 9.17) is 13.9 Å². The van der Waals surface area contributed by atoms with E-state index in [9.17, 15) is 4.79 Å². The Hall–Kier alpha value is -3.45. The van der Waals surface area contributed by atoms with Crippen molar-refractivity contribution in [3.63, 3.8) is 0 Å². The van der Waals surface area contributed by atoms with Crippen molar-refractivity contribution in [2.75, 3.05) is 18.0 Å². The minimum Gasteiger partial charge on any atom is -0.472 e. The average Bonchev–Trinajstić information content (AvgIpc) is 3.48. The summed E-state index contributed by atoms with van der Waals surface area (Å²) < 4.78 is 17.3. The van der Waals surface area contributed by atoms with Gasteiger partial charge in [0.05, 0.1) is 23.9 Å². The number of furan rings is 1. The zero-order chi connectivity index (χ0) is 24.6. The molecule has 2 saturated heterocycles. The number of para-hydroxylation sites is 2. The monoisotopic (exact) mass is 487 g/mol. The second kappa shape index (κ2) is 9.54. The number of benzene rings is 2. The number of hydrogen-bond donors (Lipinski definition) is 0. The summed E-state index contributed by atoms with van der Waals surface area (Å²) in [5.74, 6) is 2.07. The van der Waals surface area contributed by atoms with E-state index in [0.717, 1.165) is 42.3 Å². The molecule has 3 aromatic rings. The molecule has 0 aliphatic carbocycles. The molecular formula is C29H33N3O4.